The molecule has 0 fully saturated rings. The number of fused-ring (bicyclic) bond motifs is 2. The Morgan fingerprint density at radius 1 is 0.691 bits per heavy atom. The average Bonchev–Trinajstić information content (AvgIpc) is 3.92. The van der Waals surface area contributed by atoms with Crippen molar-refractivity contribution in [3.05, 3.63) is 56.2 Å². The van der Waals surface area contributed by atoms with Crippen molar-refractivity contribution in [2.24, 2.45) is 5.92 Å². The molecule has 16 heteroatoms. The van der Waals surface area contributed by atoms with E-state index in [1.54, 1.807) is 7.11 Å². The van der Waals surface area contributed by atoms with Gasteiger partial charge >= 0.3 is 23.9 Å². The summed E-state index contributed by atoms with van der Waals surface area (Å²) in [6.45, 7) is 22.0. The Balaban J connectivity index is 1.18. The summed E-state index contributed by atoms with van der Waals surface area (Å²) in [6, 6.07) is 0. The highest BCUT2D eigenvalue weighted by molar-refractivity contribution is 5.98. The van der Waals surface area contributed by atoms with Gasteiger partial charge in [0.2, 0.25) is 0 Å². The van der Waals surface area contributed by atoms with Gasteiger partial charge in [-0.25, -0.2) is 9.59 Å². The summed E-state index contributed by atoms with van der Waals surface area (Å²) in [5.74, 6) is -0.685. The van der Waals surface area contributed by atoms with Gasteiger partial charge in [-0.2, -0.15) is 0 Å². The van der Waals surface area contributed by atoms with Gasteiger partial charge < -0.3 is 57.9 Å². The lowest BCUT2D eigenvalue weighted by atomic mass is 9.91. The molecule has 2 aromatic rings. The molecule has 0 amide bonds. The van der Waals surface area contributed by atoms with Crippen LogP contribution in [0.2, 0.25) is 0 Å². The van der Waals surface area contributed by atoms with Crippen LogP contribution in [0, 0.1) is 19.8 Å². The van der Waals surface area contributed by atoms with Gasteiger partial charge in [0.15, 0.2) is 0 Å². The van der Waals surface area contributed by atoms with Gasteiger partial charge in [0, 0.05) is 61.4 Å². The zero-order valence-corrected chi connectivity index (χ0v) is 42.3. The highest BCUT2D eigenvalue weighted by Crippen LogP contribution is 2.43. The van der Waals surface area contributed by atoms with Gasteiger partial charge in [0.1, 0.15) is 59.5 Å². The highest BCUT2D eigenvalue weighted by atomic mass is 16.6. The maximum atomic E-state index is 13.1. The summed E-state index contributed by atoms with van der Waals surface area (Å²) in [5, 5.41) is 21.9. The fraction of sp³-hybridized carbons (Fsp3) is 0.654. The number of rotatable bonds is 32. The number of benzene rings is 2. The summed E-state index contributed by atoms with van der Waals surface area (Å²) >= 11 is 0. The molecule has 3 unspecified atom stereocenters. The molecule has 3 atom stereocenters. The zero-order chi connectivity index (χ0) is 49.9. The number of unbranched alkanes of at least 4 members (excludes halogenated alkanes) is 1. The van der Waals surface area contributed by atoms with Crippen molar-refractivity contribution in [3.63, 3.8) is 0 Å². The molecule has 0 spiro atoms. The fourth-order valence-electron chi connectivity index (χ4n) is 8.79. The second kappa shape index (κ2) is 27.9. The lowest BCUT2D eigenvalue weighted by Gasteiger charge is -2.26. The maximum Gasteiger partial charge on any atom is 0.342 e. The number of hydrogen-bond donors (Lipinski definition) is 2. The molecule has 0 saturated carbocycles. The number of ether oxygens (including phenoxy) is 8. The molecule has 2 N–H and O–H groups in total. The summed E-state index contributed by atoms with van der Waals surface area (Å²) in [7, 11) is 3.08. The van der Waals surface area contributed by atoms with E-state index in [4.69, 9.17) is 37.9 Å². The maximum absolute atomic E-state index is 13.1. The van der Waals surface area contributed by atoms with Gasteiger partial charge in [-0.1, -0.05) is 46.3 Å². The van der Waals surface area contributed by atoms with E-state index in [9.17, 15) is 29.4 Å². The second-order valence-electron chi connectivity index (χ2n) is 17.8. The third-order valence-electron chi connectivity index (χ3n) is 13.1. The Morgan fingerprint density at radius 3 is 1.62 bits per heavy atom. The van der Waals surface area contributed by atoms with Crippen LogP contribution < -0.4 is 9.47 Å². The lowest BCUT2D eigenvalue weighted by molar-refractivity contribution is -0.154. The van der Waals surface area contributed by atoms with Crippen molar-refractivity contribution in [1.82, 2.24) is 9.80 Å². The first-order chi connectivity index (χ1) is 32.6. The minimum Gasteiger partial charge on any atom is -0.507 e. The molecule has 0 saturated heterocycles. The number of esters is 4. The van der Waals surface area contributed by atoms with Gasteiger partial charge in [-0.15, -0.1) is 0 Å². The molecule has 2 aromatic carbocycles. The number of methoxy groups -OCH3 is 2. The normalized spacial score (nSPS) is 14.7. The van der Waals surface area contributed by atoms with Crippen LogP contribution in [0.25, 0.3) is 0 Å². The van der Waals surface area contributed by atoms with Crippen molar-refractivity contribution < 1.29 is 67.3 Å². The number of aromatic hydroxyl groups is 2. The van der Waals surface area contributed by atoms with E-state index in [0.717, 1.165) is 55.7 Å². The van der Waals surface area contributed by atoms with Crippen LogP contribution in [0.15, 0.2) is 11.6 Å². The molecule has 380 valence electrons. The number of allylic oxidation sites excluding steroid dienone is 2. The Morgan fingerprint density at radius 2 is 1.15 bits per heavy atom. The van der Waals surface area contributed by atoms with E-state index in [1.165, 1.54) is 7.11 Å². The molecule has 2 aliphatic heterocycles. The van der Waals surface area contributed by atoms with E-state index in [-0.39, 0.29) is 79.8 Å². The number of phenols is 2. The first kappa shape index (κ1) is 55.7. The lowest BCUT2D eigenvalue weighted by Crippen LogP contribution is -2.38. The van der Waals surface area contributed by atoms with E-state index in [0.29, 0.717) is 92.2 Å². The number of carbonyl (C=O) groups excluding carboxylic acids is 4. The minimum absolute atomic E-state index is 0.0869. The van der Waals surface area contributed by atoms with Crippen LogP contribution in [-0.4, -0.2) is 136 Å². The van der Waals surface area contributed by atoms with Crippen molar-refractivity contribution in [1.29, 1.82) is 0 Å². The van der Waals surface area contributed by atoms with Crippen LogP contribution in [-0.2, 0) is 64.1 Å². The predicted molar refractivity (Wildman–Crippen MR) is 257 cm³/mol. The van der Waals surface area contributed by atoms with Gasteiger partial charge in [-0.3, -0.25) is 9.59 Å². The number of likely N-dealkylation sites (N-methyl/N-ethyl adjacent to an activating group) is 2. The van der Waals surface area contributed by atoms with Gasteiger partial charge in [0.05, 0.1) is 27.4 Å². The quantitative estimate of drug-likeness (QED) is 0.0314. The molecular weight excluding hydrogens is 877 g/mol. The molecule has 0 radical (unpaired) electrons. The van der Waals surface area contributed by atoms with Crippen molar-refractivity contribution in [3.8, 4) is 23.0 Å². The Bertz CT molecular complexity index is 2040. The number of phenolic OH excluding ortho intramolecular Hbond substituents is 2. The topological polar surface area (TPSA) is 189 Å². The first-order valence-corrected chi connectivity index (χ1v) is 24.4. The molecule has 4 rings (SSSR count). The van der Waals surface area contributed by atoms with Gasteiger partial charge in [0.25, 0.3) is 0 Å². The van der Waals surface area contributed by atoms with Crippen LogP contribution in [0.4, 0.5) is 0 Å². The van der Waals surface area contributed by atoms with E-state index in [1.807, 2.05) is 26.8 Å². The third-order valence-corrected chi connectivity index (χ3v) is 13.1. The molecule has 0 aliphatic carbocycles. The average molecular weight is 955 g/mol. The Kier molecular flexibility index (Phi) is 22.9. The summed E-state index contributed by atoms with van der Waals surface area (Å²) in [5.41, 5.74) is 5.27. The summed E-state index contributed by atoms with van der Waals surface area (Å²) < 4.78 is 45.5. The molecule has 2 aliphatic rings. The summed E-state index contributed by atoms with van der Waals surface area (Å²) in [4.78, 5) is 55.2. The number of carbonyl (C=O) groups is 4. The molecular formula is C52H78N2O14. The molecule has 16 nitrogen and oxygen atoms in total. The number of hydrogen-bond acceptors (Lipinski definition) is 16. The fourth-order valence-corrected chi connectivity index (χ4v) is 8.79. The molecule has 0 bridgehead atoms. The Hall–Kier alpha value is -4.90. The predicted octanol–water partition coefficient (Wildman–Crippen LogP) is 7.71. The van der Waals surface area contributed by atoms with Crippen LogP contribution in [0.3, 0.4) is 0 Å². The van der Waals surface area contributed by atoms with Crippen LogP contribution in [0.5, 0.6) is 23.0 Å². The second-order valence-corrected chi connectivity index (χ2v) is 17.8. The minimum atomic E-state index is -0.546. The zero-order valence-electron chi connectivity index (χ0n) is 42.3. The third kappa shape index (κ3) is 15.3. The Labute approximate surface area is 403 Å². The smallest absolute Gasteiger partial charge is 0.342 e. The number of nitrogens with zero attached hydrogens (tertiary/aromatic N) is 2. The van der Waals surface area contributed by atoms with Crippen LogP contribution >= 0.6 is 0 Å². The van der Waals surface area contributed by atoms with Gasteiger partial charge in [-0.05, 0) is 109 Å². The van der Waals surface area contributed by atoms with Crippen molar-refractivity contribution in [2.75, 3.05) is 79.9 Å². The van der Waals surface area contributed by atoms with Crippen molar-refractivity contribution in [2.45, 2.75) is 139 Å². The largest absolute Gasteiger partial charge is 0.507 e. The SMILES string of the molecule is CCN(CC)CC(COCCCCOCC(CN(CC)CC)OC(=O)CCC(C)CCc1c(O)c2c(c(C)c1OC)COC2=O)OC(=O)CC/C(C)=C/Cc1c(O)c2c(c(C)c1OC)COC2=O. The monoisotopic (exact) mass is 955 g/mol. The molecule has 2 heterocycles. The molecule has 0 aromatic heterocycles. The first-order valence-electron chi connectivity index (χ1n) is 24.4. The van der Waals surface area contributed by atoms with E-state index in [2.05, 4.69) is 44.4 Å². The van der Waals surface area contributed by atoms with Crippen molar-refractivity contribution >= 4 is 23.9 Å². The van der Waals surface area contributed by atoms with E-state index >= 15 is 0 Å². The standard InChI is InChI=1S/C52H78N2O14/c1-11-53(12-2)27-37(67-43(55)23-19-33(5)17-21-39-47(57)45-41(31-65-51(45)59)35(7)49(39)61-9)29-63-25-15-16-26-64-30-38(28-54(13-3)14-4)68-44(56)24-20-34(6)18-22-40-48(58)46-42(32-66-52(46)60)36(8)50(40)62-10/h17,34,37-38,57-58H,11-16,18-32H2,1-10H3/b33-17+. The molecule has 68 heavy (non-hydrogen) atoms. The van der Waals surface area contributed by atoms with E-state index < -0.39 is 24.1 Å². The van der Waals surface area contributed by atoms with Crippen LogP contribution in [0.1, 0.15) is 141 Å². The highest BCUT2D eigenvalue weighted by Gasteiger charge is 2.33. The number of cyclic esters (lactones) is 2. The summed E-state index contributed by atoms with van der Waals surface area (Å²) in [6.07, 6.45) is 5.47.